The maximum atomic E-state index is 12.8. The fourth-order valence-corrected chi connectivity index (χ4v) is 4.00. The van der Waals surface area contributed by atoms with Crippen LogP contribution in [0.4, 0.5) is 0 Å². The van der Waals surface area contributed by atoms with Gasteiger partial charge in [-0.05, 0) is 56.4 Å². The molecule has 2 heterocycles. The molecule has 1 amide bonds. The SMILES string of the molecule is CCCOc1ccc(-c2nc(C(=O)N3CCCC(C(C)N)C3)cs2)cc1. The van der Waals surface area contributed by atoms with Crippen molar-refractivity contribution in [3.05, 3.63) is 35.3 Å². The number of piperidine rings is 1. The van der Waals surface area contributed by atoms with Gasteiger partial charge in [0.15, 0.2) is 0 Å². The van der Waals surface area contributed by atoms with E-state index >= 15 is 0 Å². The van der Waals surface area contributed by atoms with Crippen LogP contribution in [-0.4, -0.2) is 41.5 Å². The number of carbonyl (C=O) groups excluding carboxylic acids is 1. The zero-order valence-electron chi connectivity index (χ0n) is 15.5. The number of amides is 1. The number of aromatic nitrogens is 1. The quantitative estimate of drug-likeness (QED) is 0.836. The molecule has 26 heavy (non-hydrogen) atoms. The number of nitrogens with two attached hydrogens (primary N) is 1. The van der Waals surface area contributed by atoms with E-state index < -0.39 is 0 Å². The highest BCUT2D eigenvalue weighted by Crippen LogP contribution is 2.27. The van der Waals surface area contributed by atoms with Gasteiger partial charge in [0, 0.05) is 30.1 Å². The monoisotopic (exact) mass is 373 g/mol. The highest BCUT2D eigenvalue weighted by molar-refractivity contribution is 7.13. The first-order chi connectivity index (χ1) is 12.6. The van der Waals surface area contributed by atoms with Gasteiger partial charge in [0.05, 0.1) is 6.61 Å². The van der Waals surface area contributed by atoms with Crippen molar-refractivity contribution < 1.29 is 9.53 Å². The Morgan fingerprint density at radius 2 is 2.19 bits per heavy atom. The fourth-order valence-electron chi connectivity index (χ4n) is 3.20. The standard InChI is InChI=1S/C20H27N3O2S/c1-3-11-25-17-8-6-15(7-9-17)19-22-18(13-26-19)20(24)23-10-4-5-16(12-23)14(2)21/h6-9,13-14,16H,3-5,10-12,21H2,1-2H3. The molecule has 0 aliphatic carbocycles. The molecule has 1 fully saturated rings. The predicted molar refractivity (Wildman–Crippen MR) is 106 cm³/mol. The Morgan fingerprint density at radius 3 is 2.88 bits per heavy atom. The molecule has 2 unspecified atom stereocenters. The molecule has 2 aromatic rings. The van der Waals surface area contributed by atoms with Gasteiger partial charge in [-0.3, -0.25) is 4.79 Å². The van der Waals surface area contributed by atoms with Crippen molar-refractivity contribution in [2.24, 2.45) is 11.7 Å². The Kier molecular flexibility index (Phi) is 6.27. The minimum Gasteiger partial charge on any atom is -0.494 e. The predicted octanol–water partition coefficient (Wildman–Crippen LogP) is 3.80. The summed E-state index contributed by atoms with van der Waals surface area (Å²) >= 11 is 1.50. The number of rotatable bonds is 6. The molecule has 0 bridgehead atoms. The van der Waals surface area contributed by atoms with Crippen molar-refractivity contribution in [2.75, 3.05) is 19.7 Å². The van der Waals surface area contributed by atoms with E-state index in [0.29, 0.717) is 18.2 Å². The third kappa shape index (κ3) is 4.43. The van der Waals surface area contributed by atoms with Crippen molar-refractivity contribution in [2.45, 2.75) is 39.2 Å². The molecule has 2 N–H and O–H groups in total. The summed E-state index contributed by atoms with van der Waals surface area (Å²) in [6.45, 7) is 6.34. The minimum atomic E-state index is 0.0146. The van der Waals surface area contributed by atoms with Crippen LogP contribution >= 0.6 is 11.3 Å². The summed E-state index contributed by atoms with van der Waals surface area (Å²) < 4.78 is 5.61. The molecule has 1 saturated heterocycles. The first-order valence-corrected chi connectivity index (χ1v) is 10.2. The summed E-state index contributed by atoms with van der Waals surface area (Å²) in [5.74, 6) is 1.25. The summed E-state index contributed by atoms with van der Waals surface area (Å²) in [6, 6.07) is 8.00. The number of nitrogens with zero attached hydrogens (tertiary/aromatic N) is 2. The van der Waals surface area contributed by atoms with Gasteiger partial charge in [-0.2, -0.15) is 0 Å². The summed E-state index contributed by atoms with van der Waals surface area (Å²) in [4.78, 5) is 19.3. The lowest BCUT2D eigenvalue weighted by Gasteiger charge is -2.34. The van der Waals surface area contributed by atoms with E-state index in [-0.39, 0.29) is 11.9 Å². The van der Waals surface area contributed by atoms with Crippen LogP contribution in [-0.2, 0) is 0 Å². The second-order valence-corrected chi connectivity index (χ2v) is 7.78. The molecule has 1 aliphatic rings. The number of ether oxygens (including phenoxy) is 1. The maximum absolute atomic E-state index is 12.8. The number of benzene rings is 1. The van der Waals surface area contributed by atoms with Crippen molar-refractivity contribution in [3.8, 4) is 16.3 Å². The van der Waals surface area contributed by atoms with Crippen LogP contribution in [0, 0.1) is 5.92 Å². The second kappa shape index (κ2) is 8.64. The molecule has 1 aliphatic heterocycles. The van der Waals surface area contributed by atoms with Gasteiger partial charge < -0.3 is 15.4 Å². The van der Waals surface area contributed by atoms with Gasteiger partial charge in [0.1, 0.15) is 16.5 Å². The Labute approximate surface area is 159 Å². The van der Waals surface area contributed by atoms with E-state index in [1.807, 2.05) is 41.5 Å². The minimum absolute atomic E-state index is 0.0146. The summed E-state index contributed by atoms with van der Waals surface area (Å²) in [6.07, 6.45) is 3.09. The Hall–Kier alpha value is -1.92. The molecule has 0 spiro atoms. The lowest BCUT2D eigenvalue weighted by Crippen LogP contribution is -2.45. The molecule has 6 heteroatoms. The lowest BCUT2D eigenvalue weighted by atomic mass is 9.92. The zero-order chi connectivity index (χ0) is 18.5. The van der Waals surface area contributed by atoms with Gasteiger partial charge in [-0.15, -0.1) is 11.3 Å². The largest absolute Gasteiger partial charge is 0.494 e. The van der Waals surface area contributed by atoms with Gasteiger partial charge in [-0.1, -0.05) is 6.92 Å². The van der Waals surface area contributed by atoms with Gasteiger partial charge in [-0.25, -0.2) is 4.98 Å². The van der Waals surface area contributed by atoms with Crippen molar-refractivity contribution in [1.29, 1.82) is 0 Å². The third-order valence-corrected chi connectivity index (χ3v) is 5.68. The highest BCUT2D eigenvalue weighted by Gasteiger charge is 2.27. The summed E-state index contributed by atoms with van der Waals surface area (Å²) in [5, 5.41) is 2.71. The average molecular weight is 374 g/mol. The molecule has 3 rings (SSSR count). The molecule has 140 valence electrons. The van der Waals surface area contributed by atoms with Gasteiger partial charge in [0.2, 0.25) is 0 Å². The molecule has 0 radical (unpaired) electrons. The number of hydrogen-bond donors (Lipinski definition) is 1. The number of thiazole rings is 1. The van der Waals surface area contributed by atoms with E-state index in [2.05, 4.69) is 11.9 Å². The Balaban J connectivity index is 1.68. The molecule has 0 saturated carbocycles. The normalized spacial score (nSPS) is 18.6. The van der Waals surface area contributed by atoms with Gasteiger partial charge in [0.25, 0.3) is 5.91 Å². The molecule has 5 nitrogen and oxygen atoms in total. The molecule has 1 aromatic heterocycles. The number of likely N-dealkylation sites (tertiary alicyclic amines) is 1. The van der Waals surface area contributed by atoms with Crippen molar-refractivity contribution in [3.63, 3.8) is 0 Å². The van der Waals surface area contributed by atoms with Crippen molar-refractivity contribution >= 4 is 17.2 Å². The zero-order valence-corrected chi connectivity index (χ0v) is 16.3. The van der Waals surface area contributed by atoms with Crippen LogP contribution in [0.2, 0.25) is 0 Å². The third-order valence-electron chi connectivity index (χ3n) is 4.79. The maximum Gasteiger partial charge on any atom is 0.273 e. The summed E-state index contributed by atoms with van der Waals surface area (Å²) in [5.41, 5.74) is 7.56. The first kappa shape index (κ1) is 18.9. The van der Waals surface area contributed by atoms with Crippen LogP contribution in [0.5, 0.6) is 5.75 Å². The highest BCUT2D eigenvalue weighted by atomic mass is 32.1. The van der Waals surface area contributed by atoms with Crippen LogP contribution in [0.1, 0.15) is 43.6 Å². The smallest absolute Gasteiger partial charge is 0.273 e. The first-order valence-electron chi connectivity index (χ1n) is 9.32. The Bertz CT molecular complexity index is 727. The lowest BCUT2D eigenvalue weighted by molar-refractivity contribution is 0.0656. The van der Waals surface area contributed by atoms with Crippen LogP contribution in [0.3, 0.4) is 0 Å². The molecular weight excluding hydrogens is 346 g/mol. The van der Waals surface area contributed by atoms with Gasteiger partial charge >= 0.3 is 0 Å². The topological polar surface area (TPSA) is 68.5 Å². The van der Waals surface area contributed by atoms with E-state index in [4.69, 9.17) is 10.5 Å². The van der Waals surface area contributed by atoms with E-state index in [9.17, 15) is 4.79 Å². The molecule has 2 atom stereocenters. The van der Waals surface area contributed by atoms with Crippen molar-refractivity contribution in [1.82, 2.24) is 9.88 Å². The number of hydrogen-bond acceptors (Lipinski definition) is 5. The fraction of sp³-hybridized carbons (Fsp3) is 0.500. The Morgan fingerprint density at radius 1 is 1.42 bits per heavy atom. The average Bonchev–Trinajstić information content (AvgIpc) is 3.16. The molecular formula is C20H27N3O2S. The van der Waals surface area contributed by atoms with Crippen LogP contribution in [0.25, 0.3) is 10.6 Å². The van der Waals surface area contributed by atoms with E-state index in [1.165, 1.54) is 11.3 Å². The summed E-state index contributed by atoms with van der Waals surface area (Å²) in [7, 11) is 0. The second-order valence-electron chi connectivity index (χ2n) is 6.92. The molecule has 1 aromatic carbocycles. The van der Waals surface area contributed by atoms with Crippen LogP contribution in [0.15, 0.2) is 29.6 Å². The number of carbonyl (C=O) groups is 1. The van der Waals surface area contributed by atoms with Crippen LogP contribution < -0.4 is 10.5 Å². The van der Waals surface area contributed by atoms with E-state index in [0.717, 1.165) is 48.7 Å². The van der Waals surface area contributed by atoms with E-state index in [1.54, 1.807) is 0 Å².